The predicted molar refractivity (Wildman–Crippen MR) is 69.2 cm³/mol. The van der Waals surface area contributed by atoms with Crippen LogP contribution in [0.25, 0.3) is 0 Å². The molecule has 1 aliphatic rings. The van der Waals surface area contributed by atoms with Gasteiger partial charge in [0, 0.05) is 18.5 Å². The molecule has 0 bridgehead atoms. The average molecular weight is 268 g/mol. The third-order valence-electron chi connectivity index (χ3n) is 2.91. The Bertz CT molecular complexity index is 537. The van der Waals surface area contributed by atoms with Crippen LogP contribution in [0, 0.1) is 0 Å². The molecule has 1 fully saturated rings. The molecule has 0 radical (unpaired) electrons. The highest BCUT2D eigenvalue weighted by Gasteiger charge is 2.21. The van der Waals surface area contributed by atoms with Crippen molar-refractivity contribution in [1.82, 2.24) is 5.32 Å². The molecule has 1 saturated heterocycles. The van der Waals surface area contributed by atoms with Crippen molar-refractivity contribution < 1.29 is 13.2 Å². The van der Waals surface area contributed by atoms with Gasteiger partial charge in [0.2, 0.25) is 5.91 Å². The first kappa shape index (κ1) is 12.9. The van der Waals surface area contributed by atoms with Crippen LogP contribution in [0.5, 0.6) is 0 Å². The third kappa shape index (κ3) is 3.01. The van der Waals surface area contributed by atoms with Gasteiger partial charge in [-0.1, -0.05) is 0 Å². The van der Waals surface area contributed by atoms with Crippen LogP contribution in [0.3, 0.4) is 0 Å². The van der Waals surface area contributed by atoms with Crippen LogP contribution >= 0.6 is 0 Å². The van der Waals surface area contributed by atoms with Gasteiger partial charge in [-0.05, 0) is 37.1 Å². The molecule has 98 valence electrons. The summed E-state index contributed by atoms with van der Waals surface area (Å²) in [7, 11) is -3.17. The van der Waals surface area contributed by atoms with Crippen molar-refractivity contribution in [1.29, 1.82) is 0 Å². The third-order valence-corrected chi connectivity index (χ3v) is 4.04. The second kappa shape index (κ2) is 4.97. The Kier molecular flexibility index (Phi) is 3.56. The maximum Gasteiger partial charge on any atom is 0.242 e. The van der Waals surface area contributed by atoms with Gasteiger partial charge >= 0.3 is 0 Å². The van der Waals surface area contributed by atoms with Crippen LogP contribution in [0.1, 0.15) is 12.8 Å². The molecule has 0 aliphatic carbocycles. The first-order valence-electron chi connectivity index (χ1n) is 5.81. The second-order valence-corrected chi connectivity index (χ2v) is 6.44. The molecule has 1 aliphatic heterocycles. The van der Waals surface area contributed by atoms with E-state index >= 15 is 0 Å². The van der Waals surface area contributed by atoms with E-state index in [2.05, 4.69) is 10.6 Å². The van der Waals surface area contributed by atoms with Gasteiger partial charge in [0.1, 0.15) is 6.04 Å². The largest absolute Gasteiger partial charge is 0.374 e. The standard InChI is InChI=1S/C12H16N2O3S/c1-18(16,17)10-6-4-9(5-7-10)14-11-3-2-8-13-12(11)15/h4-7,11,14H,2-3,8H2,1H3,(H,13,15). The Balaban J connectivity index is 2.08. The highest BCUT2D eigenvalue weighted by molar-refractivity contribution is 7.90. The average Bonchev–Trinajstić information content (AvgIpc) is 2.32. The van der Waals surface area contributed by atoms with Crippen LogP contribution in [0.4, 0.5) is 5.69 Å². The van der Waals surface area contributed by atoms with E-state index in [4.69, 9.17) is 0 Å². The van der Waals surface area contributed by atoms with Gasteiger partial charge in [0.25, 0.3) is 0 Å². The van der Waals surface area contributed by atoms with Crippen molar-refractivity contribution in [3.63, 3.8) is 0 Å². The minimum absolute atomic E-state index is 0.00607. The molecule has 1 unspecified atom stereocenters. The van der Waals surface area contributed by atoms with E-state index in [1.54, 1.807) is 24.3 Å². The Morgan fingerprint density at radius 2 is 1.94 bits per heavy atom. The number of hydrogen-bond acceptors (Lipinski definition) is 4. The van der Waals surface area contributed by atoms with Crippen LogP contribution in [0.15, 0.2) is 29.2 Å². The fourth-order valence-corrected chi connectivity index (χ4v) is 2.54. The summed E-state index contributed by atoms with van der Waals surface area (Å²) in [4.78, 5) is 11.8. The summed E-state index contributed by atoms with van der Waals surface area (Å²) in [6, 6.07) is 6.20. The molecule has 1 heterocycles. The number of nitrogens with one attached hydrogen (secondary N) is 2. The molecule has 5 nitrogen and oxygen atoms in total. The highest BCUT2D eigenvalue weighted by atomic mass is 32.2. The molecule has 1 amide bonds. The van der Waals surface area contributed by atoms with Crippen molar-refractivity contribution in [3.05, 3.63) is 24.3 Å². The molecule has 1 aromatic carbocycles. The second-order valence-electron chi connectivity index (χ2n) is 4.43. The van der Waals surface area contributed by atoms with Crippen molar-refractivity contribution in [2.45, 2.75) is 23.8 Å². The first-order chi connectivity index (χ1) is 8.47. The summed E-state index contributed by atoms with van der Waals surface area (Å²) in [5, 5.41) is 5.89. The fourth-order valence-electron chi connectivity index (χ4n) is 1.91. The number of sulfone groups is 1. The number of hydrogen-bond donors (Lipinski definition) is 2. The van der Waals surface area contributed by atoms with E-state index in [9.17, 15) is 13.2 Å². The van der Waals surface area contributed by atoms with Crippen LogP contribution < -0.4 is 10.6 Å². The van der Waals surface area contributed by atoms with E-state index in [1.807, 2.05) is 0 Å². The zero-order valence-corrected chi connectivity index (χ0v) is 11.0. The monoisotopic (exact) mass is 268 g/mol. The van der Waals surface area contributed by atoms with E-state index in [-0.39, 0.29) is 16.8 Å². The lowest BCUT2D eigenvalue weighted by atomic mass is 10.1. The molecule has 6 heteroatoms. The van der Waals surface area contributed by atoms with Crippen LogP contribution in [-0.2, 0) is 14.6 Å². The number of amides is 1. The van der Waals surface area contributed by atoms with Gasteiger partial charge in [-0.25, -0.2) is 8.42 Å². The molecule has 1 atom stereocenters. The van der Waals surface area contributed by atoms with Gasteiger partial charge in [0.05, 0.1) is 4.90 Å². The van der Waals surface area contributed by atoms with E-state index < -0.39 is 9.84 Å². The molecule has 2 N–H and O–H groups in total. The molecule has 0 spiro atoms. The van der Waals surface area contributed by atoms with Crippen molar-refractivity contribution in [2.75, 3.05) is 18.1 Å². The number of anilines is 1. The molecular weight excluding hydrogens is 252 g/mol. The Hall–Kier alpha value is -1.56. The lowest BCUT2D eigenvalue weighted by molar-refractivity contribution is -0.123. The van der Waals surface area contributed by atoms with Gasteiger partial charge in [-0.2, -0.15) is 0 Å². The normalized spacial score (nSPS) is 20.3. The number of piperidine rings is 1. The summed E-state index contributed by atoms with van der Waals surface area (Å²) < 4.78 is 22.6. The summed E-state index contributed by atoms with van der Waals surface area (Å²) >= 11 is 0. The van der Waals surface area contributed by atoms with E-state index in [0.29, 0.717) is 0 Å². The minimum atomic E-state index is -3.17. The summed E-state index contributed by atoms with van der Waals surface area (Å²) in [5.74, 6) is -0.00607. The zero-order chi connectivity index (χ0) is 13.2. The number of benzene rings is 1. The van der Waals surface area contributed by atoms with Gasteiger partial charge in [-0.3, -0.25) is 4.79 Å². The van der Waals surface area contributed by atoms with Crippen LogP contribution in [0.2, 0.25) is 0 Å². The van der Waals surface area contributed by atoms with E-state index in [1.165, 1.54) is 6.26 Å². The number of carbonyl (C=O) groups is 1. The highest BCUT2D eigenvalue weighted by Crippen LogP contribution is 2.16. The molecule has 1 aromatic rings. The molecule has 2 rings (SSSR count). The topological polar surface area (TPSA) is 75.3 Å². The minimum Gasteiger partial charge on any atom is -0.374 e. The number of carbonyl (C=O) groups excluding carboxylic acids is 1. The zero-order valence-electron chi connectivity index (χ0n) is 10.1. The predicted octanol–water partition coefficient (Wildman–Crippen LogP) is 0.781. The maximum atomic E-state index is 11.6. The first-order valence-corrected chi connectivity index (χ1v) is 7.70. The maximum absolute atomic E-state index is 11.6. The molecule has 0 aromatic heterocycles. The van der Waals surface area contributed by atoms with Crippen LogP contribution in [-0.4, -0.2) is 33.2 Å². The smallest absolute Gasteiger partial charge is 0.242 e. The quantitative estimate of drug-likeness (QED) is 0.849. The summed E-state index contributed by atoms with van der Waals surface area (Å²) in [6.45, 7) is 0.726. The lowest BCUT2D eigenvalue weighted by Crippen LogP contribution is -2.44. The number of rotatable bonds is 3. The fraction of sp³-hybridized carbons (Fsp3) is 0.417. The molecule has 0 saturated carbocycles. The van der Waals surface area contributed by atoms with Gasteiger partial charge < -0.3 is 10.6 Å². The lowest BCUT2D eigenvalue weighted by Gasteiger charge is -2.23. The van der Waals surface area contributed by atoms with Crippen molar-refractivity contribution in [2.24, 2.45) is 0 Å². The Labute approximate surface area is 107 Å². The molecule has 18 heavy (non-hydrogen) atoms. The Morgan fingerprint density at radius 1 is 1.28 bits per heavy atom. The van der Waals surface area contributed by atoms with Gasteiger partial charge in [-0.15, -0.1) is 0 Å². The molecular formula is C12H16N2O3S. The summed E-state index contributed by atoms with van der Waals surface area (Å²) in [5.41, 5.74) is 0.754. The van der Waals surface area contributed by atoms with Crippen molar-refractivity contribution in [3.8, 4) is 0 Å². The SMILES string of the molecule is CS(=O)(=O)c1ccc(NC2CCCNC2=O)cc1. The van der Waals surface area contributed by atoms with Crippen molar-refractivity contribution >= 4 is 21.4 Å². The summed E-state index contributed by atoms with van der Waals surface area (Å²) in [6.07, 6.45) is 2.91. The van der Waals surface area contributed by atoms with Gasteiger partial charge in [0.15, 0.2) is 9.84 Å². The Morgan fingerprint density at radius 3 is 2.50 bits per heavy atom. The van der Waals surface area contributed by atoms with E-state index in [0.717, 1.165) is 25.1 Å².